The maximum absolute atomic E-state index is 13.0. The molecule has 1 fully saturated rings. The number of hydrogen-bond donors (Lipinski definition) is 1. The van der Waals surface area contributed by atoms with Crippen LogP contribution < -0.4 is 5.32 Å². The normalized spacial score (nSPS) is 18.0. The molecule has 0 aliphatic carbocycles. The van der Waals surface area contributed by atoms with Crippen molar-refractivity contribution in [3.63, 3.8) is 0 Å². The second kappa shape index (κ2) is 8.49. The number of nitrogens with zero attached hydrogens (tertiary/aromatic N) is 2. The Bertz CT molecular complexity index is 822. The first kappa shape index (κ1) is 20.2. The Morgan fingerprint density at radius 1 is 1.42 bits per heavy atom. The molecule has 1 N–H and O–H groups in total. The number of thioether (sulfide) groups is 1. The highest BCUT2D eigenvalue weighted by Gasteiger charge is 2.33. The molecule has 11 heteroatoms. The maximum atomic E-state index is 13.0. The van der Waals surface area contributed by atoms with Crippen molar-refractivity contribution >= 4 is 51.0 Å². The third kappa shape index (κ3) is 5.18. The second-order valence-corrected chi connectivity index (χ2v) is 6.38. The van der Waals surface area contributed by atoms with Gasteiger partial charge in [-0.2, -0.15) is 18.3 Å². The second-order valence-electron chi connectivity index (χ2n) is 4.79. The smallest absolute Gasteiger partial charge is 0.416 e. The third-order valence-electron chi connectivity index (χ3n) is 3.04. The molecule has 1 heterocycles. The van der Waals surface area contributed by atoms with Gasteiger partial charge in [-0.1, -0.05) is 28.1 Å². The fourth-order valence-electron chi connectivity index (χ4n) is 1.84. The number of ether oxygens (including phenoxy) is 1. The first-order valence-electron chi connectivity index (χ1n) is 6.90. The van der Waals surface area contributed by atoms with Crippen LogP contribution in [0.4, 0.5) is 13.2 Å². The van der Waals surface area contributed by atoms with Gasteiger partial charge in [0.1, 0.15) is 0 Å². The van der Waals surface area contributed by atoms with Gasteiger partial charge in [-0.25, -0.2) is 4.79 Å². The van der Waals surface area contributed by atoms with Gasteiger partial charge in [0.05, 0.1) is 23.8 Å². The van der Waals surface area contributed by atoms with Crippen LogP contribution in [-0.2, 0) is 25.8 Å². The fourth-order valence-corrected chi connectivity index (χ4v) is 3.07. The predicted octanol–water partition coefficient (Wildman–Crippen LogP) is 3.21. The van der Waals surface area contributed by atoms with Crippen molar-refractivity contribution in [2.45, 2.75) is 11.5 Å². The van der Waals surface area contributed by atoms with Crippen LogP contribution in [0.5, 0.6) is 0 Å². The average molecular weight is 450 g/mol. The van der Waals surface area contributed by atoms with Crippen LogP contribution in [0.15, 0.2) is 39.4 Å². The number of esters is 1. The van der Waals surface area contributed by atoms with Crippen molar-refractivity contribution in [2.24, 2.45) is 10.2 Å². The van der Waals surface area contributed by atoms with Crippen LogP contribution in [0.3, 0.4) is 0 Å². The lowest BCUT2D eigenvalue weighted by atomic mass is 10.1. The van der Waals surface area contributed by atoms with E-state index in [1.165, 1.54) is 19.2 Å². The van der Waals surface area contributed by atoms with Crippen LogP contribution in [0.2, 0.25) is 0 Å². The number of carbonyl (C=O) groups is 2. The van der Waals surface area contributed by atoms with E-state index < -0.39 is 23.6 Å². The Morgan fingerprint density at radius 2 is 2.15 bits per heavy atom. The molecule has 0 unspecified atom stereocenters. The number of rotatable bonds is 4. The summed E-state index contributed by atoms with van der Waals surface area (Å²) in [5.41, 5.74) is -0.457. The summed E-state index contributed by atoms with van der Waals surface area (Å²) in [6.07, 6.45) is -2.35. The predicted molar refractivity (Wildman–Crippen MR) is 94.9 cm³/mol. The van der Waals surface area contributed by atoms with Crippen molar-refractivity contribution in [3.05, 3.63) is 45.9 Å². The minimum Gasteiger partial charge on any atom is -0.466 e. The molecule has 0 saturated carbocycles. The molecule has 1 aliphatic rings. The zero-order valence-corrected chi connectivity index (χ0v) is 15.5. The van der Waals surface area contributed by atoms with Crippen LogP contribution in [0, 0.1) is 0 Å². The molecule has 0 aromatic heterocycles. The molecule has 1 saturated heterocycles. The highest BCUT2D eigenvalue weighted by Crippen LogP contribution is 2.33. The molecule has 6 nitrogen and oxygen atoms in total. The molecule has 0 bridgehead atoms. The Kier molecular flexibility index (Phi) is 6.59. The van der Waals surface area contributed by atoms with Crippen molar-refractivity contribution in [3.8, 4) is 0 Å². The molecule has 0 radical (unpaired) electrons. The van der Waals surface area contributed by atoms with E-state index in [0.29, 0.717) is 0 Å². The van der Waals surface area contributed by atoms with E-state index in [4.69, 9.17) is 0 Å². The number of carbonyl (C=O) groups excluding carboxylic acids is 2. The first-order valence-corrected chi connectivity index (χ1v) is 8.84. The van der Waals surface area contributed by atoms with E-state index in [1.54, 1.807) is 0 Å². The highest BCUT2D eigenvalue weighted by molar-refractivity contribution is 9.08. The van der Waals surface area contributed by atoms with Gasteiger partial charge >= 0.3 is 12.1 Å². The summed E-state index contributed by atoms with van der Waals surface area (Å²) in [7, 11) is 1.17. The standard InChI is InChI=1S/C15H11BrF3N3O3S/c1-25-12(23)5-11-13(24)21-14(26-11)22-20-7-8-2-3-9(6-16)10(4-8)15(17,18)19/h2-5,7H,6H2,1H3,(H,21,22,24)/b11-5+,20-7?. The van der Waals surface area contributed by atoms with Gasteiger partial charge in [-0.3, -0.25) is 10.1 Å². The lowest BCUT2D eigenvalue weighted by molar-refractivity contribution is -0.138. The minimum absolute atomic E-state index is 0.0690. The molecule has 0 atom stereocenters. The Hall–Kier alpha value is -2.14. The van der Waals surface area contributed by atoms with Crippen molar-refractivity contribution in [1.82, 2.24) is 5.32 Å². The van der Waals surface area contributed by atoms with E-state index in [0.717, 1.165) is 30.1 Å². The Balaban J connectivity index is 2.16. The van der Waals surface area contributed by atoms with Crippen LogP contribution >= 0.6 is 27.7 Å². The number of benzene rings is 1. The lowest BCUT2D eigenvalue weighted by Gasteiger charge is -2.11. The minimum atomic E-state index is -4.48. The SMILES string of the molecule is COC(=O)/C=C1/S/C(=N\N=Cc2ccc(CBr)c(C(F)(F)F)c2)NC1=O. The summed E-state index contributed by atoms with van der Waals surface area (Å²) < 4.78 is 43.5. The largest absolute Gasteiger partial charge is 0.466 e. The van der Waals surface area contributed by atoms with Crippen LogP contribution in [0.25, 0.3) is 0 Å². The third-order valence-corrected chi connectivity index (χ3v) is 4.54. The number of halogens is 4. The number of hydrogen-bond acceptors (Lipinski definition) is 6. The van der Waals surface area contributed by atoms with Gasteiger partial charge in [-0.05, 0) is 29.0 Å². The van der Waals surface area contributed by atoms with E-state index in [-0.39, 0.29) is 26.5 Å². The molecule has 1 amide bonds. The van der Waals surface area contributed by atoms with Gasteiger partial charge in [0, 0.05) is 11.4 Å². The molecule has 2 rings (SSSR count). The number of methoxy groups -OCH3 is 1. The van der Waals surface area contributed by atoms with Crippen LogP contribution in [0.1, 0.15) is 16.7 Å². The maximum Gasteiger partial charge on any atom is 0.416 e. The number of nitrogens with one attached hydrogen (secondary N) is 1. The average Bonchev–Trinajstić information content (AvgIpc) is 2.93. The number of alkyl halides is 4. The van der Waals surface area contributed by atoms with Gasteiger partial charge in [0.25, 0.3) is 5.91 Å². The molecule has 138 valence electrons. The quantitative estimate of drug-likeness (QED) is 0.251. The zero-order valence-electron chi connectivity index (χ0n) is 13.1. The van der Waals surface area contributed by atoms with Crippen LogP contribution in [-0.4, -0.2) is 30.4 Å². The Morgan fingerprint density at radius 3 is 2.77 bits per heavy atom. The molecule has 26 heavy (non-hydrogen) atoms. The van der Waals surface area contributed by atoms with Gasteiger partial charge < -0.3 is 4.74 Å². The van der Waals surface area contributed by atoms with Crippen molar-refractivity contribution < 1.29 is 27.5 Å². The summed E-state index contributed by atoms with van der Waals surface area (Å²) in [4.78, 5) is 22.8. The van der Waals surface area contributed by atoms with E-state index >= 15 is 0 Å². The summed E-state index contributed by atoms with van der Waals surface area (Å²) >= 11 is 3.88. The molecular weight excluding hydrogens is 439 g/mol. The first-order chi connectivity index (χ1) is 12.2. The summed E-state index contributed by atoms with van der Waals surface area (Å²) in [6.45, 7) is 0. The summed E-state index contributed by atoms with van der Waals surface area (Å²) in [5.74, 6) is -1.24. The number of amidine groups is 1. The van der Waals surface area contributed by atoms with E-state index in [2.05, 4.69) is 36.2 Å². The summed E-state index contributed by atoms with van der Waals surface area (Å²) in [6, 6.07) is 3.77. The molecule has 1 aromatic carbocycles. The van der Waals surface area contributed by atoms with Gasteiger partial charge in [0.15, 0.2) is 5.17 Å². The monoisotopic (exact) mass is 449 g/mol. The topological polar surface area (TPSA) is 80.1 Å². The molecular formula is C15H11BrF3N3O3S. The Labute approximate surface area is 158 Å². The lowest BCUT2D eigenvalue weighted by Crippen LogP contribution is -2.19. The molecule has 1 aromatic rings. The van der Waals surface area contributed by atoms with Gasteiger partial charge in [-0.15, -0.1) is 5.10 Å². The summed E-state index contributed by atoms with van der Waals surface area (Å²) in [5, 5.41) is 9.93. The fraction of sp³-hybridized carbons (Fsp3) is 0.200. The number of amides is 1. The van der Waals surface area contributed by atoms with Crippen molar-refractivity contribution in [2.75, 3.05) is 7.11 Å². The zero-order chi connectivity index (χ0) is 19.3. The van der Waals surface area contributed by atoms with E-state index in [9.17, 15) is 22.8 Å². The molecule has 0 spiro atoms. The highest BCUT2D eigenvalue weighted by atomic mass is 79.9. The van der Waals surface area contributed by atoms with E-state index in [1.807, 2.05) is 0 Å². The van der Waals surface area contributed by atoms with Crippen molar-refractivity contribution in [1.29, 1.82) is 0 Å². The van der Waals surface area contributed by atoms with Gasteiger partial charge in [0.2, 0.25) is 0 Å². The molecule has 1 aliphatic heterocycles.